The Balaban J connectivity index is 2.20. The van der Waals surface area contributed by atoms with E-state index in [-0.39, 0.29) is 0 Å². The SMILES string of the molecule is CCCCCCCCC(CN)c1ccccc1. The van der Waals surface area contributed by atoms with Crippen LogP contribution in [0.5, 0.6) is 0 Å². The highest BCUT2D eigenvalue weighted by Crippen LogP contribution is 2.21. The fourth-order valence-electron chi connectivity index (χ4n) is 2.32. The van der Waals surface area contributed by atoms with Gasteiger partial charge in [-0.25, -0.2) is 0 Å². The smallest absolute Gasteiger partial charge is 0.000824 e. The van der Waals surface area contributed by atoms with Gasteiger partial charge in [-0.3, -0.25) is 0 Å². The van der Waals surface area contributed by atoms with Gasteiger partial charge >= 0.3 is 0 Å². The molecule has 0 radical (unpaired) electrons. The zero-order valence-corrected chi connectivity index (χ0v) is 11.2. The first-order valence-corrected chi connectivity index (χ1v) is 7.13. The van der Waals surface area contributed by atoms with E-state index < -0.39 is 0 Å². The van der Waals surface area contributed by atoms with Crippen molar-refractivity contribution < 1.29 is 0 Å². The Bertz CT molecular complexity index is 268. The molecule has 0 aromatic heterocycles. The molecular formula is C16H27N. The molecular weight excluding hydrogens is 206 g/mol. The highest BCUT2D eigenvalue weighted by molar-refractivity contribution is 5.19. The summed E-state index contributed by atoms with van der Waals surface area (Å²) in [7, 11) is 0. The summed E-state index contributed by atoms with van der Waals surface area (Å²) in [4.78, 5) is 0. The molecule has 0 aliphatic carbocycles. The van der Waals surface area contributed by atoms with Crippen LogP contribution in [-0.2, 0) is 0 Å². The molecule has 0 spiro atoms. The lowest BCUT2D eigenvalue weighted by molar-refractivity contribution is 0.542. The van der Waals surface area contributed by atoms with E-state index in [1.165, 1.54) is 50.5 Å². The van der Waals surface area contributed by atoms with Crippen LogP contribution in [-0.4, -0.2) is 6.54 Å². The van der Waals surface area contributed by atoms with Gasteiger partial charge in [-0.1, -0.05) is 75.8 Å². The first kappa shape index (κ1) is 14.2. The third-order valence-electron chi connectivity index (χ3n) is 3.46. The van der Waals surface area contributed by atoms with E-state index in [2.05, 4.69) is 37.3 Å². The average Bonchev–Trinajstić information content (AvgIpc) is 2.39. The third-order valence-corrected chi connectivity index (χ3v) is 3.46. The summed E-state index contributed by atoms with van der Waals surface area (Å²) in [5.74, 6) is 0.558. The number of benzene rings is 1. The van der Waals surface area contributed by atoms with E-state index in [4.69, 9.17) is 5.73 Å². The maximum absolute atomic E-state index is 5.87. The lowest BCUT2D eigenvalue weighted by Gasteiger charge is -2.14. The Morgan fingerprint density at radius 2 is 1.59 bits per heavy atom. The second kappa shape index (κ2) is 9.23. The first-order chi connectivity index (χ1) is 8.38. The van der Waals surface area contributed by atoms with Crippen molar-refractivity contribution in [3.63, 3.8) is 0 Å². The van der Waals surface area contributed by atoms with Crippen molar-refractivity contribution in [2.24, 2.45) is 5.73 Å². The summed E-state index contributed by atoms with van der Waals surface area (Å²) in [6.07, 6.45) is 9.43. The predicted octanol–water partition coefficient (Wildman–Crippen LogP) is 4.48. The van der Waals surface area contributed by atoms with Gasteiger partial charge in [0.15, 0.2) is 0 Å². The van der Waals surface area contributed by atoms with Crippen LogP contribution in [0.3, 0.4) is 0 Å². The lowest BCUT2D eigenvalue weighted by Crippen LogP contribution is -2.12. The van der Waals surface area contributed by atoms with Crippen molar-refractivity contribution in [2.45, 2.75) is 57.8 Å². The molecule has 17 heavy (non-hydrogen) atoms. The topological polar surface area (TPSA) is 26.0 Å². The second-order valence-corrected chi connectivity index (χ2v) is 4.90. The van der Waals surface area contributed by atoms with Crippen LogP contribution in [0.2, 0.25) is 0 Å². The van der Waals surface area contributed by atoms with Crippen molar-refractivity contribution in [3.8, 4) is 0 Å². The van der Waals surface area contributed by atoms with E-state index in [9.17, 15) is 0 Å². The number of unbranched alkanes of at least 4 members (excludes halogenated alkanes) is 5. The standard InChI is InChI=1S/C16H27N/c1-2-3-4-5-6-8-13-16(14-17)15-11-9-7-10-12-15/h7,9-12,16H,2-6,8,13-14,17H2,1H3. The highest BCUT2D eigenvalue weighted by Gasteiger charge is 2.08. The molecule has 0 heterocycles. The minimum atomic E-state index is 0.558. The second-order valence-electron chi connectivity index (χ2n) is 4.90. The van der Waals surface area contributed by atoms with E-state index >= 15 is 0 Å². The summed E-state index contributed by atoms with van der Waals surface area (Å²) >= 11 is 0. The maximum Gasteiger partial charge on any atom is -0.000824 e. The number of nitrogens with two attached hydrogens (primary N) is 1. The minimum Gasteiger partial charge on any atom is -0.330 e. The Morgan fingerprint density at radius 1 is 0.941 bits per heavy atom. The molecule has 96 valence electrons. The first-order valence-electron chi connectivity index (χ1n) is 7.13. The molecule has 0 bridgehead atoms. The molecule has 1 atom stereocenters. The third kappa shape index (κ3) is 5.88. The van der Waals surface area contributed by atoms with Crippen LogP contribution in [0.15, 0.2) is 30.3 Å². The summed E-state index contributed by atoms with van der Waals surface area (Å²) < 4.78 is 0. The van der Waals surface area contributed by atoms with E-state index in [0.29, 0.717) is 5.92 Å². The number of hydrogen-bond donors (Lipinski definition) is 1. The quantitative estimate of drug-likeness (QED) is 0.625. The average molecular weight is 233 g/mol. The highest BCUT2D eigenvalue weighted by atomic mass is 14.5. The molecule has 0 fully saturated rings. The number of rotatable bonds is 9. The molecule has 1 heteroatoms. The van der Waals surface area contributed by atoms with Crippen molar-refractivity contribution in [2.75, 3.05) is 6.54 Å². The van der Waals surface area contributed by atoms with Gasteiger partial charge in [0.25, 0.3) is 0 Å². The zero-order valence-electron chi connectivity index (χ0n) is 11.2. The zero-order chi connectivity index (χ0) is 12.3. The fraction of sp³-hybridized carbons (Fsp3) is 0.625. The molecule has 2 N–H and O–H groups in total. The van der Waals surface area contributed by atoms with Gasteiger partial charge in [0.2, 0.25) is 0 Å². The molecule has 1 nitrogen and oxygen atoms in total. The van der Waals surface area contributed by atoms with Gasteiger partial charge < -0.3 is 5.73 Å². The van der Waals surface area contributed by atoms with Gasteiger partial charge in [0.1, 0.15) is 0 Å². The molecule has 1 unspecified atom stereocenters. The van der Waals surface area contributed by atoms with Crippen molar-refractivity contribution >= 4 is 0 Å². The minimum absolute atomic E-state index is 0.558. The van der Waals surface area contributed by atoms with E-state index in [1.54, 1.807) is 0 Å². The summed E-state index contributed by atoms with van der Waals surface area (Å²) in [5, 5.41) is 0. The Labute approximate surface area is 106 Å². The molecule has 0 saturated heterocycles. The van der Waals surface area contributed by atoms with Crippen molar-refractivity contribution in [1.82, 2.24) is 0 Å². The largest absolute Gasteiger partial charge is 0.330 e. The van der Waals surface area contributed by atoms with Gasteiger partial charge in [-0.2, -0.15) is 0 Å². The lowest BCUT2D eigenvalue weighted by atomic mass is 9.93. The van der Waals surface area contributed by atoms with E-state index in [1.807, 2.05) is 0 Å². The van der Waals surface area contributed by atoms with Gasteiger partial charge in [0, 0.05) is 0 Å². The predicted molar refractivity (Wildman–Crippen MR) is 76.2 cm³/mol. The van der Waals surface area contributed by atoms with Gasteiger partial charge in [-0.15, -0.1) is 0 Å². The van der Waals surface area contributed by atoms with Crippen molar-refractivity contribution in [3.05, 3.63) is 35.9 Å². The van der Waals surface area contributed by atoms with Crippen LogP contribution in [0, 0.1) is 0 Å². The Hall–Kier alpha value is -0.820. The Kier molecular flexibility index (Phi) is 7.74. The van der Waals surface area contributed by atoms with Crippen LogP contribution < -0.4 is 5.73 Å². The molecule has 0 aliphatic rings. The molecule has 1 rings (SSSR count). The van der Waals surface area contributed by atoms with E-state index in [0.717, 1.165) is 6.54 Å². The van der Waals surface area contributed by atoms with Crippen molar-refractivity contribution in [1.29, 1.82) is 0 Å². The molecule has 0 aliphatic heterocycles. The normalized spacial score (nSPS) is 12.6. The van der Waals surface area contributed by atoms with Crippen LogP contribution in [0.4, 0.5) is 0 Å². The molecule has 0 saturated carbocycles. The molecule has 0 amide bonds. The molecule has 1 aromatic carbocycles. The van der Waals surface area contributed by atoms with Crippen LogP contribution in [0.25, 0.3) is 0 Å². The summed E-state index contributed by atoms with van der Waals surface area (Å²) in [6.45, 7) is 3.04. The number of hydrogen-bond acceptors (Lipinski definition) is 1. The van der Waals surface area contributed by atoms with Crippen LogP contribution >= 0.6 is 0 Å². The monoisotopic (exact) mass is 233 g/mol. The Morgan fingerprint density at radius 3 is 2.24 bits per heavy atom. The van der Waals surface area contributed by atoms with Crippen LogP contribution in [0.1, 0.15) is 63.4 Å². The summed E-state index contributed by atoms with van der Waals surface area (Å²) in [6, 6.07) is 10.7. The van der Waals surface area contributed by atoms with Gasteiger partial charge in [0.05, 0.1) is 0 Å². The van der Waals surface area contributed by atoms with Gasteiger partial charge in [-0.05, 0) is 24.4 Å². The maximum atomic E-state index is 5.87. The molecule has 1 aromatic rings. The summed E-state index contributed by atoms with van der Waals surface area (Å²) in [5.41, 5.74) is 7.27. The fourth-order valence-corrected chi connectivity index (χ4v) is 2.32.